The van der Waals surface area contributed by atoms with Crippen molar-refractivity contribution in [3.63, 3.8) is 0 Å². The second-order valence-corrected chi connectivity index (χ2v) is 12.4. The molecule has 0 unspecified atom stereocenters. The number of carbonyl (C=O) groups excluding carboxylic acids is 1. The average Bonchev–Trinajstić information content (AvgIpc) is 3.23. The molecule has 0 radical (unpaired) electrons. The van der Waals surface area contributed by atoms with Gasteiger partial charge >= 0.3 is 0 Å². The minimum Gasteiger partial charge on any atom is -0.312 e. The number of fused-ring (bicyclic) bond motifs is 2. The van der Waals surface area contributed by atoms with E-state index < -0.39 is 0 Å². The molecule has 7 nitrogen and oxygen atoms in total. The molecule has 2 aromatic heterocycles. The average molecular weight is 539 g/mol. The Morgan fingerprint density at radius 2 is 1.95 bits per heavy atom. The van der Waals surface area contributed by atoms with Crippen LogP contribution in [0.4, 0.5) is 5.69 Å². The molecular formula is C31H34N6OS. The highest BCUT2D eigenvalue weighted by atomic mass is 32.2. The monoisotopic (exact) mass is 538 g/mol. The van der Waals surface area contributed by atoms with Gasteiger partial charge < -0.3 is 14.4 Å². The summed E-state index contributed by atoms with van der Waals surface area (Å²) >= 11 is 1.79. The number of thioether (sulfide) groups is 1. The Hall–Kier alpha value is -3.23. The smallest absolute Gasteiger partial charge is 0.227 e. The fraction of sp³-hybridized carbons (Fsp3) is 0.419. The molecule has 0 N–H and O–H groups in total. The van der Waals surface area contributed by atoms with E-state index in [1.54, 1.807) is 11.8 Å². The number of piperidine rings is 1. The van der Waals surface area contributed by atoms with Crippen molar-refractivity contribution in [1.29, 1.82) is 0 Å². The van der Waals surface area contributed by atoms with Crippen molar-refractivity contribution in [3.8, 4) is 11.4 Å². The second kappa shape index (κ2) is 9.75. The van der Waals surface area contributed by atoms with Crippen LogP contribution in [0.5, 0.6) is 0 Å². The largest absolute Gasteiger partial charge is 0.312 e. The summed E-state index contributed by atoms with van der Waals surface area (Å²) in [6.45, 7) is 6.33. The first-order valence-corrected chi connectivity index (χ1v) is 15.0. The Bertz CT molecular complexity index is 1550. The third kappa shape index (κ3) is 4.43. The second-order valence-electron chi connectivity index (χ2n) is 11.4. The molecule has 1 saturated carbocycles. The van der Waals surface area contributed by atoms with Crippen LogP contribution >= 0.6 is 11.8 Å². The van der Waals surface area contributed by atoms with E-state index in [2.05, 4.69) is 80.2 Å². The van der Waals surface area contributed by atoms with Crippen molar-refractivity contribution >= 4 is 34.3 Å². The molecule has 0 bridgehead atoms. The molecular weight excluding hydrogens is 504 g/mol. The molecule has 2 saturated heterocycles. The number of hydrogen-bond acceptors (Lipinski definition) is 6. The fourth-order valence-electron chi connectivity index (χ4n) is 6.68. The molecule has 2 aliphatic heterocycles. The van der Waals surface area contributed by atoms with Gasteiger partial charge in [0.05, 0.1) is 5.52 Å². The summed E-state index contributed by atoms with van der Waals surface area (Å²) in [6, 6.07) is 19.3. The Balaban J connectivity index is 0.942. The Kier molecular flexibility index (Phi) is 6.20. The highest BCUT2D eigenvalue weighted by Gasteiger charge is 2.60. The van der Waals surface area contributed by atoms with E-state index in [0.29, 0.717) is 11.8 Å². The summed E-state index contributed by atoms with van der Waals surface area (Å²) in [5, 5.41) is 11.1. The van der Waals surface area contributed by atoms with Gasteiger partial charge in [-0.1, -0.05) is 42.1 Å². The van der Waals surface area contributed by atoms with Gasteiger partial charge in [-0.3, -0.25) is 9.78 Å². The third-order valence-electron chi connectivity index (χ3n) is 8.84. The number of aromatic nitrogens is 4. The quantitative estimate of drug-likeness (QED) is 0.226. The predicted molar refractivity (Wildman–Crippen MR) is 156 cm³/mol. The van der Waals surface area contributed by atoms with Crippen LogP contribution in [0.25, 0.3) is 22.3 Å². The summed E-state index contributed by atoms with van der Waals surface area (Å²) in [5.41, 5.74) is 5.91. The van der Waals surface area contributed by atoms with E-state index >= 15 is 0 Å². The first-order valence-electron chi connectivity index (χ1n) is 14.0. The SMILES string of the molecule is Cc1ccc2c(-c3nnc(SCCCN4C[C@@H]5C[C@]5(c5ccc(N6CCCC6=O)cc5)C4)n3C)cccc2n1. The summed E-state index contributed by atoms with van der Waals surface area (Å²) in [4.78, 5) is 21.3. The first kappa shape index (κ1) is 24.8. The molecule has 7 rings (SSSR count). The molecule has 200 valence electrons. The number of amides is 1. The van der Waals surface area contributed by atoms with Gasteiger partial charge in [0.25, 0.3) is 0 Å². The van der Waals surface area contributed by atoms with Crippen LogP contribution in [-0.4, -0.2) is 62.5 Å². The molecule has 39 heavy (non-hydrogen) atoms. The van der Waals surface area contributed by atoms with E-state index in [0.717, 1.165) is 83.0 Å². The summed E-state index contributed by atoms with van der Waals surface area (Å²) in [7, 11) is 2.06. The highest BCUT2D eigenvalue weighted by Crippen LogP contribution is 2.59. The maximum Gasteiger partial charge on any atom is 0.227 e. The molecule has 2 atom stereocenters. The lowest BCUT2D eigenvalue weighted by molar-refractivity contribution is -0.117. The highest BCUT2D eigenvalue weighted by molar-refractivity contribution is 7.99. The number of pyridine rings is 1. The van der Waals surface area contributed by atoms with Crippen molar-refractivity contribution < 1.29 is 4.79 Å². The molecule has 2 aromatic carbocycles. The topological polar surface area (TPSA) is 67.2 Å². The standard InChI is InChI=1S/C31H34N6OS/c1-21-9-14-25-26(6-3-7-27(25)32-21)29-33-34-30(35(29)2)39-17-5-15-36-19-23-18-31(23,20-36)22-10-12-24(13-11-22)37-16-4-8-28(37)38/h3,6-7,9-14,23H,4-5,8,15-20H2,1-2H3/t23-,31+/m0/s1. The summed E-state index contributed by atoms with van der Waals surface area (Å²) < 4.78 is 2.11. The normalized spacial score (nSPS) is 22.7. The van der Waals surface area contributed by atoms with Crippen LogP contribution < -0.4 is 4.90 Å². The maximum absolute atomic E-state index is 12.1. The van der Waals surface area contributed by atoms with E-state index in [1.807, 2.05) is 17.9 Å². The van der Waals surface area contributed by atoms with Gasteiger partial charge in [-0.15, -0.1) is 10.2 Å². The maximum atomic E-state index is 12.1. The Labute approximate surface area is 233 Å². The lowest BCUT2D eigenvalue weighted by Gasteiger charge is -2.22. The van der Waals surface area contributed by atoms with Crippen LogP contribution in [0.2, 0.25) is 0 Å². The van der Waals surface area contributed by atoms with Crippen LogP contribution in [0, 0.1) is 12.8 Å². The van der Waals surface area contributed by atoms with Gasteiger partial charge in [0.15, 0.2) is 11.0 Å². The molecule has 1 aliphatic carbocycles. The lowest BCUT2D eigenvalue weighted by Crippen LogP contribution is -2.28. The fourth-order valence-corrected chi connectivity index (χ4v) is 7.51. The van der Waals surface area contributed by atoms with Crippen LogP contribution in [0.1, 0.15) is 36.9 Å². The van der Waals surface area contributed by atoms with Gasteiger partial charge in [-0.25, -0.2) is 0 Å². The van der Waals surface area contributed by atoms with E-state index in [4.69, 9.17) is 0 Å². The Morgan fingerprint density at radius 1 is 1.08 bits per heavy atom. The number of rotatable bonds is 8. The third-order valence-corrected chi connectivity index (χ3v) is 9.95. The molecule has 3 fully saturated rings. The number of likely N-dealkylation sites (tertiary alicyclic amines) is 1. The summed E-state index contributed by atoms with van der Waals surface area (Å²) in [5.74, 6) is 2.93. The number of carbonyl (C=O) groups is 1. The molecule has 4 heterocycles. The van der Waals surface area contributed by atoms with Crippen molar-refractivity contribution in [2.45, 2.75) is 43.2 Å². The van der Waals surface area contributed by atoms with Gasteiger partial charge in [0.1, 0.15) is 0 Å². The van der Waals surface area contributed by atoms with Gasteiger partial charge in [-0.2, -0.15) is 0 Å². The van der Waals surface area contributed by atoms with Crippen molar-refractivity contribution in [2.24, 2.45) is 13.0 Å². The molecule has 3 aliphatic rings. The molecule has 1 amide bonds. The minimum absolute atomic E-state index is 0.258. The van der Waals surface area contributed by atoms with Crippen molar-refractivity contribution in [2.75, 3.05) is 36.8 Å². The zero-order chi connectivity index (χ0) is 26.6. The molecule has 8 heteroatoms. The lowest BCUT2D eigenvalue weighted by atomic mass is 9.94. The van der Waals surface area contributed by atoms with Gasteiger partial charge in [-0.05, 0) is 68.5 Å². The summed E-state index contributed by atoms with van der Waals surface area (Å²) in [6.07, 6.45) is 4.08. The van der Waals surface area contributed by atoms with Gasteiger partial charge in [0, 0.05) is 66.6 Å². The predicted octanol–water partition coefficient (Wildman–Crippen LogP) is 5.22. The minimum atomic E-state index is 0.258. The zero-order valence-electron chi connectivity index (χ0n) is 22.6. The van der Waals surface area contributed by atoms with Gasteiger partial charge in [0.2, 0.25) is 5.91 Å². The van der Waals surface area contributed by atoms with Crippen LogP contribution in [0.3, 0.4) is 0 Å². The van der Waals surface area contributed by atoms with E-state index in [-0.39, 0.29) is 5.91 Å². The first-order chi connectivity index (χ1) is 19.0. The number of anilines is 1. The number of nitrogens with zero attached hydrogens (tertiary/aromatic N) is 6. The van der Waals surface area contributed by atoms with Crippen LogP contribution in [0.15, 0.2) is 59.8 Å². The zero-order valence-corrected chi connectivity index (χ0v) is 23.5. The molecule has 0 spiro atoms. The van der Waals surface area contributed by atoms with Crippen LogP contribution in [-0.2, 0) is 17.3 Å². The van der Waals surface area contributed by atoms with E-state index in [9.17, 15) is 4.79 Å². The number of aryl methyl sites for hydroxylation is 1. The number of benzene rings is 2. The number of hydrogen-bond donors (Lipinski definition) is 0. The molecule has 4 aromatic rings. The van der Waals surface area contributed by atoms with Crippen molar-refractivity contribution in [1.82, 2.24) is 24.6 Å². The van der Waals surface area contributed by atoms with E-state index in [1.165, 1.54) is 18.5 Å². The Morgan fingerprint density at radius 3 is 2.77 bits per heavy atom. The van der Waals surface area contributed by atoms with Crippen molar-refractivity contribution in [3.05, 3.63) is 65.9 Å².